The van der Waals surface area contributed by atoms with Crippen LogP contribution in [-0.4, -0.2) is 12.3 Å². The molecule has 2 rings (SSSR count). The van der Waals surface area contributed by atoms with Gasteiger partial charge in [-0.2, -0.15) is 13.2 Å². The lowest BCUT2D eigenvalue weighted by Crippen LogP contribution is -2.16. The van der Waals surface area contributed by atoms with Gasteiger partial charge >= 0.3 is 6.18 Å². The maximum Gasteiger partial charge on any atom is 0.416 e. The molecule has 0 bridgehead atoms. The number of para-hydroxylation sites is 1. The molecule has 2 nitrogen and oxygen atoms in total. The molecule has 0 unspecified atom stereocenters. The topological polar surface area (TPSA) is 29.1 Å². The van der Waals surface area contributed by atoms with Gasteiger partial charge in [0.2, 0.25) is 0 Å². The van der Waals surface area contributed by atoms with Crippen molar-refractivity contribution in [3.05, 3.63) is 65.2 Å². The van der Waals surface area contributed by atoms with Crippen molar-refractivity contribution in [1.29, 1.82) is 0 Å². The third kappa shape index (κ3) is 3.84. The summed E-state index contributed by atoms with van der Waals surface area (Å²) in [6, 6.07) is 12.3. The number of benzene rings is 2. The lowest BCUT2D eigenvalue weighted by Gasteiger charge is -2.11. The Morgan fingerprint density at radius 2 is 1.76 bits per heavy atom. The number of anilines is 1. The number of rotatable bonds is 4. The molecular formula is C16H14F3NO. The molecule has 2 aromatic carbocycles. The van der Waals surface area contributed by atoms with E-state index in [0.717, 1.165) is 17.8 Å². The van der Waals surface area contributed by atoms with Crippen molar-refractivity contribution in [3.8, 4) is 0 Å². The van der Waals surface area contributed by atoms with E-state index in [4.69, 9.17) is 0 Å². The average Bonchev–Trinajstić information content (AvgIpc) is 2.45. The van der Waals surface area contributed by atoms with Crippen molar-refractivity contribution in [1.82, 2.24) is 0 Å². The van der Waals surface area contributed by atoms with Gasteiger partial charge < -0.3 is 5.32 Å². The maximum absolute atomic E-state index is 12.6. The van der Waals surface area contributed by atoms with Crippen molar-refractivity contribution >= 4 is 11.5 Å². The molecule has 0 aromatic heterocycles. The van der Waals surface area contributed by atoms with E-state index < -0.39 is 11.7 Å². The maximum atomic E-state index is 12.6. The summed E-state index contributed by atoms with van der Waals surface area (Å²) in [6.07, 6.45) is -4.39. The fraction of sp³-hybridized carbons (Fsp3) is 0.188. The molecule has 0 aliphatic carbocycles. The Morgan fingerprint density at radius 3 is 2.33 bits per heavy atom. The van der Waals surface area contributed by atoms with Gasteiger partial charge in [-0.1, -0.05) is 24.3 Å². The normalized spacial score (nSPS) is 11.2. The first kappa shape index (κ1) is 15.1. The molecule has 110 valence electrons. The van der Waals surface area contributed by atoms with E-state index in [1.54, 1.807) is 0 Å². The number of halogens is 3. The van der Waals surface area contributed by atoms with E-state index in [0.29, 0.717) is 11.1 Å². The summed E-state index contributed by atoms with van der Waals surface area (Å²) < 4.78 is 37.7. The minimum absolute atomic E-state index is 0.0379. The highest BCUT2D eigenvalue weighted by Gasteiger charge is 2.30. The highest BCUT2D eigenvalue weighted by molar-refractivity contribution is 6.00. The number of ketones is 1. The molecule has 5 heteroatoms. The number of Topliss-reactive ketones (excluding diaryl/α,β-unsaturated/α-hetero) is 1. The van der Waals surface area contributed by atoms with Gasteiger partial charge in [-0.15, -0.1) is 0 Å². The zero-order valence-corrected chi connectivity index (χ0v) is 11.4. The van der Waals surface area contributed by atoms with Crippen molar-refractivity contribution in [2.24, 2.45) is 0 Å². The summed E-state index contributed by atoms with van der Waals surface area (Å²) in [6.45, 7) is 1.54. The van der Waals surface area contributed by atoms with Gasteiger partial charge in [-0.3, -0.25) is 4.79 Å². The molecular weight excluding hydrogens is 279 g/mol. The zero-order chi connectivity index (χ0) is 15.5. The number of carbonyl (C=O) groups is 1. The second-order valence-corrected chi connectivity index (χ2v) is 4.67. The van der Waals surface area contributed by atoms with Crippen molar-refractivity contribution in [3.63, 3.8) is 0 Å². The predicted molar refractivity (Wildman–Crippen MR) is 75.4 cm³/mol. The van der Waals surface area contributed by atoms with Gasteiger partial charge in [0.25, 0.3) is 0 Å². The van der Waals surface area contributed by atoms with Crippen LogP contribution < -0.4 is 5.32 Å². The number of hydrogen-bond donors (Lipinski definition) is 1. The first-order valence-corrected chi connectivity index (χ1v) is 6.38. The first-order valence-electron chi connectivity index (χ1n) is 6.38. The van der Waals surface area contributed by atoms with Crippen molar-refractivity contribution in [2.45, 2.75) is 13.1 Å². The van der Waals surface area contributed by atoms with E-state index in [2.05, 4.69) is 5.32 Å². The van der Waals surface area contributed by atoms with E-state index in [-0.39, 0.29) is 12.3 Å². The summed E-state index contributed by atoms with van der Waals surface area (Å²) in [5.74, 6) is -0.245. The van der Waals surface area contributed by atoms with Crippen LogP contribution >= 0.6 is 0 Å². The molecule has 0 fully saturated rings. The quantitative estimate of drug-likeness (QED) is 0.851. The summed E-state index contributed by atoms with van der Waals surface area (Å²) in [4.78, 5) is 12.1. The zero-order valence-electron chi connectivity index (χ0n) is 11.4. The SMILES string of the molecule is Cc1cc(C(F)(F)F)ccc1C(=O)CNc1ccccc1. The summed E-state index contributed by atoms with van der Waals surface area (Å²) in [5, 5.41) is 2.94. The third-order valence-corrected chi connectivity index (χ3v) is 3.08. The lowest BCUT2D eigenvalue weighted by atomic mass is 10.0. The van der Waals surface area contributed by atoms with Gasteiger partial charge in [-0.25, -0.2) is 0 Å². The molecule has 0 heterocycles. The monoisotopic (exact) mass is 293 g/mol. The van der Waals surface area contributed by atoms with Gasteiger partial charge in [0.05, 0.1) is 12.1 Å². The van der Waals surface area contributed by atoms with Gasteiger partial charge in [0, 0.05) is 11.3 Å². The standard InChI is InChI=1S/C16H14F3NO/c1-11-9-12(16(17,18)19)7-8-14(11)15(21)10-20-13-5-3-2-4-6-13/h2-9,20H,10H2,1H3. The van der Waals surface area contributed by atoms with Crippen LogP contribution in [0, 0.1) is 6.92 Å². The van der Waals surface area contributed by atoms with Crippen LogP contribution in [0.5, 0.6) is 0 Å². The highest BCUT2D eigenvalue weighted by atomic mass is 19.4. The predicted octanol–water partition coefficient (Wildman–Crippen LogP) is 4.31. The number of hydrogen-bond acceptors (Lipinski definition) is 2. The first-order chi connectivity index (χ1) is 9.88. The summed E-state index contributed by atoms with van der Waals surface area (Å²) >= 11 is 0. The van der Waals surface area contributed by atoms with Gasteiger partial charge in [0.1, 0.15) is 0 Å². The molecule has 0 aliphatic rings. The molecule has 0 atom stereocenters. The number of nitrogens with one attached hydrogen (secondary N) is 1. The molecule has 0 spiro atoms. The van der Waals surface area contributed by atoms with E-state index in [9.17, 15) is 18.0 Å². The lowest BCUT2D eigenvalue weighted by molar-refractivity contribution is -0.137. The Kier molecular flexibility index (Phi) is 4.31. The molecule has 0 radical (unpaired) electrons. The van der Waals surface area contributed by atoms with Crippen LogP contribution in [-0.2, 0) is 6.18 Å². The molecule has 21 heavy (non-hydrogen) atoms. The number of alkyl halides is 3. The fourth-order valence-corrected chi connectivity index (χ4v) is 1.99. The highest BCUT2D eigenvalue weighted by Crippen LogP contribution is 2.30. The van der Waals surface area contributed by atoms with E-state index in [1.165, 1.54) is 13.0 Å². The third-order valence-electron chi connectivity index (χ3n) is 3.08. The van der Waals surface area contributed by atoms with Gasteiger partial charge in [-0.05, 0) is 36.8 Å². The molecule has 2 aromatic rings. The molecule has 0 amide bonds. The van der Waals surface area contributed by atoms with Crippen molar-refractivity contribution in [2.75, 3.05) is 11.9 Å². The minimum atomic E-state index is -4.39. The summed E-state index contributed by atoms with van der Waals surface area (Å²) in [7, 11) is 0. The Bertz CT molecular complexity index is 636. The van der Waals surface area contributed by atoms with E-state index in [1.807, 2.05) is 30.3 Å². The molecule has 1 N–H and O–H groups in total. The fourth-order valence-electron chi connectivity index (χ4n) is 1.99. The smallest absolute Gasteiger partial charge is 0.378 e. The Balaban J connectivity index is 2.09. The second-order valence-electron chi connectivity index (χ2n) is 4.67. The number of carbonyl (C=O) groups excluding carboxylic acids is 1. The molecule has 0 aliphatic heterocycles. The molecule has 0 saturated heterocycles. The number of aryl methyl sites for hydroxylation is 1. The Labute approximate surface area is 120 Å². The van der Waals surface area contributed by atoms with Crippen LogP contribution in [0.1, 0.15) is 21.5 Å². The van der Waals surface area contributed by atoms with Crippen LogP contribution in [0.2, 0.25) is 0 Å². The Hall–Kier alpha value is -2.30. The van der Waals surface area contributed by atoms with E-state index >= 15 is 0 Å². The van der Waals surface area contributed by atoms with Crippen LogP contribution in [0.3, 0.4) is 0 Å². The molecule has 0 saturated carbocycles. The summed E-state index contributed by atoms with van der Waals surface area (Å²) in [5.41, 5.74) is 0.666. The minimum Gasteiger partial charge on any atom is -0.378 e. The Morgan fingerprint density at radius 1 is 1.10 bits per heavy atom. The van der Waals surface area contributed by atoms with Crippen LogP contribution in [0.25, 0.3) is 0 Å². The largest absolute Gasteiger partial charge is 0.416 e. The van der Waals surface area contributed by atoms with Crippen molar-refractivity contribution < 1.29 is 18.0 Å². The van der Waals surface area contributed by atoms with Gasteiger partial charge in [0.15, 0.2) is 5.78 Å². The van der Waals surface area contributed by atoms with Crippen LogP contribution in [0.15, 0.2) is 48.5 Å². The second kappa shape index (κ2) is 5.99. The van der Waals surface area contributed by atoms with Crippen LogP contribution in [0.4, 0.5) is 18.9 Å². The average molecular weight is 293 g/mol.